The lowest BCUT2D eigenvalue weighted by Crippen LogP contribution is -2.07. The summed E-state index contributed by atoms with van der Waals surface area (Å²) in [4.78, 5) is 9.76. The highest BCUT2D eigenvalue weighted by Crippen LogP contribution is 2.38. The average molecular weight is 199 g/mol. The molecule has 7 nitrogen and oxygen atoms in total. The topological polar surface area (TPSA) is 111 Å². The number of nitrogens with zero attached hydrogens (tertiary/aromatic N) is 1. The van der Waals surface area contributed by atoms with E-state index in [1.54, 1.807) is 0 Å². The van der Waals surface area contributed by atoms with Crippen LogP contribution < -0.4 is 16.0 Å². The SMILES string of the molecule is COc1cc(NN)cc([N+](=O)[O-])c1O. The van der Waals surface area contributed by atoms with Crippen LogP contribution in [0.2, 0.25) is 0 Å². The number of methoxy groups -OCH3 is 1. The summed E-state index contributed by atoms with van der Waals surface area (Å²) in [6.07, 6.45) is 0. The molecule has 14 heavy (non-hydrogen) atoms. The summed E-state index contributed by atoms with van der Waals surface area (Å²) in [6, 6.07) is 2.46. The molecule has 0 heterocycles. The van der Waals surface area contributed by atoms with Gasteiger partial charge in [0.05, 0.1) is 17.7 Å². The molecule has 1 rings (SSSR count). The van der Waals surface area contributed by atoms with Crippen molar-refractivity contribution in [2.24, 2.45) is 5.84 Å². The number of phenolic OH excluding ortho intramolecular Hbond substituents is 1. The Morgan fingerprint density at radius 2 is 2.29 bits per heavy atom. The molecule has 1 aromatic carbocycles. The number of benzene rings is 1. The van der Waals surface area contributed by atoms with Crippen LogP contribution in [0, 0.1) is 10.1 Å². The molecular formula is C7H9N3O4. The third kappa shape index (κ3) is 1.67. The van der Waals surface area contributed by atoms with Crippen molar-refractivity contribution >= 4 is 11.4 Å². The summed E-state index contributed by atoms with van der Waals surface area (Å²) in [5.41, 5.74) is 2.05. The zero-order chi connectivity index (χ0) is 10.7. The van der Waals surface area contributed by atoms with Crippen molar-refractivity contribution in [1.82, 2.24) is 0 Å². The van der Waals surface area contributed by atoms with E-state index in [1.165, 1.54) is 13.2 Å². The summed E-state index contributed by atoms with van der Waals surface area (Å²) < 4.78 is 4.73. The molecule has 4 N–H and O–H groups in total. The molecule has 0 amide bonds. The molecule has 0 radical (unpaired) electrons. The molecule has 0 fully saturated rings. The number of phenols is 1. The lowest BCUT2D eigenvalue weighted by atomic mass is 10.2. The van der Waals surface area contributed by atoms with Crippen LogP contribution in [0.25, 0.3) is 0 Å². The number of nitrogens with one attached hydrogen (secondary N) is 1. The molecule has 0 saturated heterocycles. The van der Waals surface area contributed by atoms with Crippen LogP contribution in [0.1, 0.15) is 0 Å². The molecule has 0 atom stereocenters. The van der Waals surface area contributed by atoms with Crippen LogP contribution in [0.15, 0.2) is 12.1 Å². The summed E-state index contributed by atoms with van der Waals surface area (Å²) in [5, 5.41) is 19.8. The van der Waals surface area contributed by atoms with Crippen LogP contribution in [0.3, 0.4) is 0 Å². The number of aromatic hydroxyl groups is 1. The van der Waals surface area contributed by atoms with Gasteiger partial charge in [-0.1, -0.05) is 0 Å². The zero-order valence-electron chi connectivity index (χ0n) is 7.35. The number of nitrogens with two attached hydrogens (primary N) is 1. The second kappa shape index (κ2) is 3.79. The predicted molar refractivity (Wildman–Crippen MR) is 49.1 cm³/mol. The maximum absolute atomic E-state index is 10.5. The number of ether oxygens (including phenoxy) is 1. The Morgan fingerprint density at radius 3 is 2.71 bits per heavy atom. The fourth-order valence-electron chi connectivity index (χ4n) is 0.971. The first-order valence-corrected chi connectivity index (χ1v) is 3.62. The van der Waals surface area contributed by atoms with Crippen molar-refractivity contribution in [3.8, 4) is 11.5 Å². The number of hydrogen-bond acceptors (Lipinski definition) is 6. The van der Waals surface area contributed by atoms with E-state index in [1.807, 2.05) is 0 Å². The van der Waals surface area contributed by atoms with E-state index in [4.69, 9.17) is 10.6 Å². The van der Waals surface area contributed by atoms with Gasteiger partial charge in [-0.05, 0) is 0 Å². The minimum Gasteiger partial charge on any atom is -0.500 e. The van der Waals surface area contributed by atoms with Crippen molar-refractivity contribution in [2.45, 2.75) is 0 Å². The number of hydrogen-bond donors (Lipinski definition) is 3. The molecule has 1 aromatic rings. The smallest absolute Gasteiger partial charge is 0.316 e. The lowest BCUT2D eigenvalue weighted by molar-refractivity contribution is -0.385. The van der Waals surface area contributed by atoms with Gasteiger partial charge < -0.3 is 15.3 Å². The van der Waals surface area contributed by atoms with Gasteiger partial charge in [-0.25, -0.2) is 0 Å². The molecule has 0 aliphatic carbocycles. The molecule has 7 heteroatoms. The number of nitro benzene ring substituents is 1. The zero-order valence-corrected chi connectivity index (χ0v) is 7.35. The third-order valence-electron chi connectivity index (χ3n) is 1.64. The molecule has 0 aliphatic heterocycles. The Kier molecular flexibility index (Phi) is 2.73. The molecule has 0 aliphatic rings. The van der Waals surface area contributed by atoms with Crippen LogP contribution in [0.4, 0.5) is 11.4 Å². The molecule has 0 aromatic heterocycles. The van der Waals surface area contributed by atoms with Crippen molar-refractivity contribution in [1.29, 1.82) is 0 Å². The second-order valence-electron chi connectivity index (χ2n) is 2.45. The van der Waals surface area contributed by atoms with Gasteiger partial charge in [-0.2, -0.15) is 0 Å². The highest BCUT2D eigenvalue weighted by molar-refractivity contribution is 5.64. The van der Waals surface area contributed by atoms with Crippen molar-refractivity contribution < 1.29 is 14.8 Å². The van der Waals surface area contributed by atoms with E-state index >= 15 is 0 Å². The highest BCUT2D eigenvalue weighted by atomic mass is 16.6. The number of nitro groups is 1. The summed E-state index contributed by atoms with van der Waals surface area (Å²) in [6.45, 7) is 0. The molecule has 0 unspecified atom stereocenters. The summed E-state index contributed by atoms with van der Waals surface area (Å²) >= 11 is 0. The Morgan fingerprint density at radius 1 is 1.64 bits per heavy atom. The third-order valence-corrected chi connectivity index (χ3v) is 1.64. The summed E-state index contributed by atoms with van der Waals surface area (Å²) in [7, 11) is 1.29. The first-order valence-electron chi connectivity index (χ1n) is 3.62. The van der Waals surface area contributed by atoms with E-state index in [0.29, 0.717) is 0 Å². The van der Waals surface area contributed by atoms with E-state index in [2.05, 4.69) is 5.43 Å². The Bertz CT molecular complexity index is 366. The van der Waals surface area contributed by atoms with E-state index < -0.39 is 16.4 Å². The summed E-state index contributed by atoms with van der Waals surface area (Å²) in [5.74, 6) is 4.56. The van der Waals surface area contributed by atoms with Crippen molar-refractivity contribution in [3.05, 3.63) is 22.2 Å². The van der Waals surface area contributed by atoms with E-state index in [9.17, 15) is 15.2 Å². The van der Waals surface area contributed by atoms with Gasteiger partial charge >= 0.3 is 5.69 Å². The maximum atomic E-state index is 10.5. The normalized spacial score (nSPS) is 9.57. The molecular weight excluding hydrogens is 190 g/mol. The van der Waals surface area contributed by atoms with Gasteiger partial charge in [-0.3, -0.25) is 16.0 Å². The monoisotopic (exact) mass is 199 g/mol. The minimum absolute atomic E-state index is 0.00727. The van der Waals surface area contributed by atoms with Crippen LogP contribution >= 0.6 is 0 Å². The molecule has 76 valence electrons. The van der Waals surface area contributed by atoms with Crippen LogP contribution in [0.5, 0.6) is 11.5 Å². The van der Waals surface area contributed by atoms with Gasteiger partial charge in [0.15, 0.2) is 5.75 Å². The minimum atomic E-state index is -0.724. The Hall–Kier alpha value is -2.02. The maximum Gasteiger partial charge on any atom is 0.316 e. The highest BCUT2D eigenvalue weighted by Gasteiger charge is 2.19. The quantitative estimate of drug-likeness (QED) is 0.284. The molecule has 0 bridgehead atoms. The fraction of sp³-hybridized carbons (Fsp3) is 0.143. The lowest BCUT2D eigenvalue weighted by Gasteiger charge is -2.06. The van der Waals surface area contributed by atoms with Gasteiger partial charge in [0, 0.05) is 12.1 Å². The van der Waals surface area contributed by atoms with Crippen LogP contribution in [-0.2, 0) is 0 Å². The first-order chi connectivity index (χ1) is 6.60. The number of hydrazine groups is 1. The Balaban J connectivity index is 3.34. The number of nitrogen functional groups attached to an aromatic ring is 1. The van der Waals surface area contributed by atoms with Crippen LogP contribution in [-0.4, -0.2) is 17.1 Å². The predicted octanol–water partition coefficient (Wildman–Crippen LogP) is 0.595. The number of anilines is 1. The molecule has 0 saturated carbocycles. The van der Waals surface area contributed by atoms with Crippen molar-refractivity contribution in [2.75, 3.05) is 12.5 Å². The second-order valence-corrected chi connectivity index (χ2v) is 2.45. The first kappa shape index (κ1) is 10.1. The van der Waals surface area contributed by atoms with Crippen molar-refractivity contribution in [3.63, 3.8) is 0 Å². The van der Waals surface area contributed by atoms with Gasteiger partial charge in [0.1, 0.15) is 0 Å². The van der Waals surface area contributed by atoms with Gasteiger partial charge in [0.25, 0.3) is 0 Å². The van der Waals surface area contributed by atoms with E-state index in [-0.39, 0.29) is 11.4 Å². The fourth-order valence-corrected chi connectivity index (χ4v) is 0.971. The Labute approximate surface area is 79.2 Å². The van der Waals surface area contributed by atoms with E-state index in [0.717, 1.165) is 6.07 Å². The number of rotatable bonds is 3. The van der Waals surface area contributed by atoms with Gasteiger partial charge in [0.2, 0.25) is 5.75 Å². The van der Waals surface area contributed by atoms with Gasteiger partial charge in [-0.15, -0.1) is 0 Å². The largest absolute Gasteiger partial charge is 0.500 e. The standard InChI is InChI=1S/C7H9N3O4/c1-14-6-3-4(9-8)2-5(7(6)11)10(12)13/h2-3,9,11H,8H2,1H3. The molecule has 0 spiro atoms. The average Bonchev–Trinajstić information content (AvgIpc) is 2.17.